The lowest BCUT2D eigenvalue weighted by Gasteiger charge is -2.04. The molecule has 17 heavy (non-hydrogen) atoms. The van der Waals surface area contributed by atoms with Gasteiger partial charge in [0.15, 0.2) is 0 Å². The second-order valence-electron chi connectivity index (χ2n) is 3.08. The number of hydrogen-bond acceptors (Lipinski definition) is 3. The van der Waals surface area contributed by atoms with Crippen LogP contribution in [0.1, 0.15) is 12.5 Å². The van der Waals surface area contributed by atoms with Gasteiger partial charge in [-0.2, -0.15) is 0 Å². The van der Waals surface area contributed by atoms with Crippen molar-refractivity contribution in [3.05, 3.63) is 34.3 Å². The SMILES string of the molecule is CCOC(=O)C=Cc1cc(Br)ccc1NC=O. The van der Waals surface area contributed by atoms with Crippen LogP contribution in [0, 0.1) is 0 Å². The normalized spacial score (nSPS) is 10.2. The topological polar surface area (TPSA) is 55.4 Å². The number of nitrogens with one attached hydrogen (secondary N) is 1. The Morgan fingerprint density at radius 1 is 1.53 bits per heavy atom. The Kier molecular flexibility index (Phi) is 5.42. The average Bonchev–Trinajstić information content (AvgIpc) is 2.30. The predicted molar refractivity (Wildman–Crippen MR) is 69.5 cm³/mol. The van der Waals surface area contributed by atoms with E-state index >= 15 is 0 Å². The second-order valence-corrected chi connectivity index (χ2v) is 3.99. The third kappa shape index (κ3) is 4.40. The molecule has 0 bridgehead atoms. The fraction of sp³-hybridized carbons (Fsp3) is 0.167. The van der Waals surface area contributed by atoms with Gasteiger partial charge in [0, 0.05) is 16.2 Å². The fourth-order valence-electron chi connectivity index (χ4n) is 1.21. The van der Waals surface area contributed by atoms with E-state index in [9.17, 15) is 9.59 Å². The summed E-state index contributed by atoms with van der Waals surface area (Å²) in [4.78, 5) is 21.6. The van der Waals surface area contributed by atoms with Crippen LogP contribution in [-0.4, -0.2) is 19.0 Å². The van der Waals surface area contributed by atoms with Crippen molar-refractivity contribution < 1.29 is 14.3 Å². The zero-order chi connectivity index (χ0) is 12.7. The Balaban J connectivity index is 2.91. The summed E-state index contributed by atoms with van der Waals surface area (Å²) in [6.07, 6.45) is 3.50. The molecule has 0 radical (unpaired) electrons. The van der Waals surface area contributed by atoms with Gasteiger partial charge in [-0.3, -0.25) is 4.79 Å². The van der Waals surface area contributed by atoms with E-state index in [0.29, 0.717) is 18.7 Å². The Morgan fingerprint density at radius 2 is 2.29 bits per heavy atom. The van der Waals surface area contributed by atoms with Gasteiger partial charge < -0.3 is 10.1 Å². The van der Waals surface area contributed by atoms with E-state index in [4.69, 9.17) is 4.74 Å². The zero-order valence-corrected chi connectivity index (χ0v) is 10.9. The summed E-state index contributed by atoms with van der Waals surface area (Å²) in [6.45, 7) is 2.07. The third-order valence-electron chi connectivity index (χ3n) is 1.91. The highest BCUT2D eigenvalue weighted by Gasteiger charge is 2.01. The van der Waals surface area contributed by atoms with Crippen molar-refractivity contribution >= 4 is 40.1 Å². The average molecular weight is 298 g/mol. The van der Waals surface area contributed by atoms with E-state index in [2.05, 4.69) is 21.2 Å². The number of benzene rings is 1. The first kappa shape index (κ1) is 13.4. The molecule has 1 aromatic rings. The van der Waals surface area contributed by atoms with Crippen LogP contribution in [0.4, 0.5) is 5.69 Å². The number of carbonyl (C=O) groups is 2. The van der Waals surface area contributed by atoms with E-state index in [0.717, 1.165) is 10.0 Å². The number of ether oxygens (including phenoxy) is 1. The maximum Gasteiger partial charge on any atom is 0.330 e. The molecular formula is C12H12BrNO3. The van der Waals surface area contributed by atoms with Crippen molar-refractivity contribution in [2.75, 3.05) is 11.9 Å². The lowest BCUT2D eigenvalue weighted by Crippen LogP contribution is -1.99. The first-order valence-corrected chi connectivity index (χ1v) is 5.81. The highest BCUT2D eigenvalue weighted by molar-refractivity contribution is 9.10. The fourth-order valence-corrected chi connectivity index (χ4v) is 1.59. The van der Waals surface area contributed by atoms with Crippen LogP contribution in [0.25, 0.3) is 6.08 Å². The second kappa shape index (κ2) is 6.85. The molecule has 0 heterocycles. The first-order valence-electron chi connectivity index (χ1n) is 5.02. The van der Waals surface area contributed by atoms with E-state index in [-0.39, 0.29) is 0 Å². The van der Waals surface area contributed by atoms with Gasteiger partial charge in [0.1, 0.15) is 0 Å². The van der Waals surface area contributed by atoms with Gasteiger partial charge in [-0.1, -0.05) is 15.9 Å². The van der Waals surface area contributed by atoms with Crippen molar-refractivity contribution in [3.63, 3.8) is 0 Å². The molecule has 0 aromatic heterocycles. The minimum Gasteiger partial charge on any atom is -0.463 e. The number of halogens is 1. The van der Waals surface area contributed by atoms with Gasteiger partial charge in [0.05, 0.1) is 6.61 Å². The van der Waals surface area contributed by atoms with Crippen molar-refractivity contribution in [2.24, 2.45) is 0 Å². The van der Waals surface area contributed by atoms with Crippen LogP contribution in [-0.2, 0) is 14.3 Å². The first-order chi connectivity index (χ1) is 8.17. The van der Waals surface area contributed by atoms with Crippen LogP contribution in [0.3, 0.4) is 0 Å². The highest BCUT2D eigenvalue weighted by Crippen LogP contribution is 2.21. The molecule has 0 atom stereocenters. The summed E-state index contributed by atoms with van der Waals surface area (Å²) < 4.78 is 5.63. The number of anilines is 1. The maximum atomic E-state index is 11.2. The van der Waals surface area contributed by atoms with Gasteiger partial charge in [-0.15, -0.1) is 0 Å². The van der Waals surface area contributed by atoms with Crippen molar-refractivity contribution in [2.45, 2.75) is 6.92 Å². The van der Waals surface area contributed by atoms with Crippen LogP contribution < -0.4 is 5.32 Å². The Hall–Kier alpha value is -1.62. The van der Waals surface area contributed by atoms with Crippen molar-refractivity contribution in [1.29, 1.82) is 0 Å². The molecule has 0 saturated carbocycles. The summed E-state index contributed by atoms with van der Waals surface area (Å²) in [5.41, 5.74) is 1.35. The van der Waals surface area contributed by atoms with Gasteiger partial charge in [0.25, 0.3) is 0 Å². The molecule has 90 valence electrons. The molecule has 4 nitrogen and oxygen atoms in total. The van der Waals surface area contributed by atoms with Crippen molar-refractivity contribution in [1.82, 2.24) is 0 Å². The molecule has 1 rings (SSSR count). The quantitative estimate of drug-likeness (QED) is 0.516. The van der Waals surface area contributed by atoms with Gasteiger partial charge in [-0.25, -0.2) is 4.79 Å². The molecule has 0 aliphatic rings. The molecule has 1 N–H and O–H groups in total. The smallest absolute Gasteiger partial charge is 0.330 e. The minimum absolute atomic E-state index is 0.334. The van der Waals surface area contributed by atoms with Gasteiger partial charge in [-0.05, 0) is 36.8 Å². The number of hydrogen-bond donors (Lipinski definition) is 1. The number of rotatable bonds is 5. The summed E-state index contributed by atoms with van der Waals surface area (Å²) in [6, 6.07) is 5.33. The number of esters is 1. The monoisotopic (exact) mass is 297 g/mol. The molecular weight excluding hydrogens is 286 g/mol. The molecule has 0 unspecified atom stereocenters. The molecule has 1 amide bonds. The Labute approximate surface area is 108 Å². The summed E-state index contributed by atoms with van der Waals surface area (Å²) in [5.74, 6) is -0.412. The molecule has 0 aliphatic carbocycles. The lowest BCUT2D eigenvalue weighted by atomic mass is 10.1. The minimum atomic E-state index is -0.412. The van der Waals surface area contributed by atoms with E-state index < -0.39 is 5.97 Å². The standard InChI is InChI=1S/C12H12BrNO3/c1-2-17-12(16)6-3-9-7-10(13)4-5-11(9)14-8-15/h3-8H,2H2,1H3,(H,14,15). The van der Waals surface area contributed by atoms with Crippen LogP contribution in [0.15, 0.2) is 28.7 Å². The molecule has 1 aromatic carbocycles. The highest BCUT2D eigenvalue weighted by atomic mass is 79.9. The van der Waals surface area contributed by atoms with E-state index in [1.807, 2.05) is 0 Å². The van der Waals surface area contributed by atoms with Crippen LogP contribution in [0.5, 0.6) is 0 Å². The predicted octanol–water partition coefficient (Wildman–Crippen LogP) is 2.59. The number of carbonyl (C=O) groups excluding carboxylic acids is 2. The molecule has 0 spiro atoms. The van der Waals surface area contributed by atoms with E-state index in [1.165, 1.54) is 6.08 Å². The van der Waals surface area contributed by atoms with Crippen LogP contribution in [0.2, 0.25) is 0 Å². The Morgan fingerprint density at radius 3 is 2.94 bits per heavy atom. The number of amides is 1. The van der Waals surface area contributed by atoms with Gasteiger partial charge >= 0.3 is 5.97 Å². The van der Waals surface area contributed by atoms with Crippen LogP contribution >= 0.6 is 15.9 Å². The molecule has 5 heteroatoms. The van der Waals surface area contributed by atoms with E-state index in [1.54, 1.807) is 31.2 Å². The zero-order valence-electron chi connectivity index (χ0n) is 9.27. The maximum absolute atomic E-state index is 11.2. The Bertz CT molecular complexity index is 443. The van der Waals surface area contributed by atoms with Crippen molar-refractivity contribution in [3.8, 4) is 0 Å². The molecule has 0 saturated heterocycles. The molecule has 0 aliphatic heterocycles. The summed E-state index contributed by atoms with van der Waals surface area (Å²) >= 11 is 3.32. The third-order valence-corrected chi connectivity index (χ3v) is 2.41. The largest absolute Gasteiger partial charge is 0.463 e. The molecule has 0 fully saturated rings. The summed E-state index contributed by atoms with van der Waals surface area (Å²) in [7, 11) is 0. The van der Waals surface area contributed by atoms with Gasteiger partial charge in [0.2, 0.25) is 6.41 Å². The summed E-state index contributed by atoms with van der Waals surface area (Å²) in [5, 5.41) is 2.55. The lowest BCUT2D eigenvalue weighted by molar-refractivity contribution is -0.137.